The summed E-state index contributed by atoms with van der Waals surface area (Å²) >= 11 is 0. The van der Waals surface area contributed by atoms with Gasteiger partial charge in [-0.2, -0.15) is 0 Å². The molecule has 2 amide bonds. The summed E-state index contributed by atoms with van der Waals surface area (Å²) in [6.07, 6.45) is 0.552. The van der Waals surface area contributed by atoms with Crippen LogP contribution in [0.4, 0.5) is 11.4 Å². The van der Waals surface area contributed by atoms with Gasteiger partial charge in [-0.15, -0.1) is 0 Å². The number of anilines is 2. The van der Waals surface area contributed by atoms with E-state index in [0.717, 1.165) is 15.3 Å². The molecule has 0 fully saturated rings. The molecule has 9 nitrogen and oxygen atoms in total. The quantitative estimate of drug-likeness (QED) is 0.315. The summed E-state index contributed by atoms with van der Waals surface area (Å²) in [5, 5.41) is 7.02. The second-order valence-electron chi connectivity index (χ2n) is 9.34. The third-order valence-corrected chi connectivity index (χ3v) is 8.85. The molecule has 206 valence electrons. The number of ether oxygens (including phenoxy) is 2. The summed E-state index contributed by atoms with van der Waals surface area (Å²) in [5.74, 6) is 0.304. The molecule has 0 saturated heterocycles. The molecule has 1 aliphatic rings. The Balaban J connectivity index is 1.29. The zero-order valence-corrected chi connectivity index (χ0v) is 23.1. The van der Waals surface area contributed by atoms with Gasteiger partial charge in [0.2, 0.25) is 5.91 Å². The average molecular weight is 560 g/mol. The number of para-hydroxylation sites is 1. The molecular formula is C30H29N3O6S. The fourth-order valence-corrected chi connectivity index (χ4v) is 6.79. The summed E-state index contributed by atoms with van der Waals surface area (Å²) in [4.78, 5) is 26.6. The lowest BCUT2D eigenvalue weighted by molar-refractivity contribution is -0.116. The number of nitrogens with one attached hydrogen (secondary N) is 2. The number of carbonyl (C=O) groups is 2. The number of hydrogen-bond acceptors (Lipinski definition) is 6. The van der Waals surface area contributed by atoms with E-state index in [9.17, 15) is 18.0 Å². The number of sulfonamides is 1. The van der Waals surface area contributed by atoms with Crippen LogP contribution in [0.1, 0.15) is 22.8 Å². The van der Waals surface area contributed by atoms with Gasteiger partial charge >= 0.3 is 0 Å². The summed E-state index contributed by atoms with van der Waals surface area (Å²) < 4.78 is 38.6. The van der Waals surface area contributed by atoms with Crippen LogP contribution in [0.2, 0.25) is 0 Å². The van der Waals surface area contributed by atoms with Gasteiger partial charge in [0.1, 0.15) is 6.04 Å². The first-order valence-electron chi connectivity index (χ1n) is 12.7. The summed E-state index contributed by atoms with van der Waals surface area (Å²) in [7, 11) is -0.802. The Morgan fingerprint density at radius 1 is 0.900 bits per heavy atom. The molecule has 5 rings (SSSR count). The Morgan fingerprint density at radius 3 is 2.38 bits per heavy atom. The SMILES string of the molecule is COc1ccc(CCNC(=O)c2ccccc2NC(=O)[C@H](C)N2c3cccc4cccc(c34)S2(=O)=O)cc1OC. The van der Waals surface area contributed by atoms with Crippen molar-refractivity contribution in [2.75, 3.05) is 30.4 Å². The van der Waals surface area contributed by atoms with Crippen molar-refractivity contribution < 1.29 is 27.5 Å². The number of methoxy groups -OCH3 is 2. The van der Waals surface area contributed by atoms with E-state index >= 15 is 0 Å². The standard InChI is InChI=1S/C30H29N3O6S/c1-19(33-24-12-6-8-21-9-7-13-27(28(21)24)40(33,36)37)29(34)32-23-11-5-4-10-22(23)30(35)31-17-16-20-14-15-25(38-2)26(18-20)39-3/h4-15,18-19H,16-17H2,1-3H3,(H,31,35)(H,32,34)/t19-/m0/s1. The molecule has 0 radical (unpaired) electrons. The predicted octanol–water partition coefficient (Wildman–Crippen LogP) is 4.37. The number of rotatable bonds is 9. The van der Waals surface area contributed by atoms with Gasteiger partial charge in [-0.25, -0.2) is 8.42 Å². The van der Waals surface area contributed by atoms with Crippen LogP contribution >= 0.6 is 0 Å². The maximum absolute atomic E-state index is 13.4. The third kappa shape index (κ3) is 4.82. The zero-order chi connectivity index (χ0) is 28.4. The number of hydrogen-bond donors (Lipinski definition) is 2. The summed E-state index contributed by atoms with van der Waals surface area (Å²) in [6.45, 7) is 1.88. The molecule has 1 heterocycles. The largest absolute Gasteiger partial charge is 0.493 e. The number of amides is 2. The molecule has 0 spiro atoms. The molecule has 0 aromatic heterocycles. The lowest BCUT2D eigenvalue weighted by atomic mass is 10.1. The van der Waals surface area contributed by atoms with Crippen molar-refractivity contribution in [3.63, 3.8) is 0 Å². The van der Waals surface area contributed by atoms with E-state index in [1.165, 1.54) is 6.92 Å². The van der Waals surface area contributed by atoms with E-state index in [2.05, 4.69) is 10.6 Å². The van der Waals surface area contributed by atoms with Crippen LogP contribution in [0.5, 0.6) is 11.5 Å². The molecule has 1 aliphatic heterocycles. The van der Waals surface area contributed by atoms with Crippen molar-refractivity contribution >= 4 is 44.0 Å². The first kappa shape index (κ1) is 27.0. The molecule has 0 aliphatic carbocycles. The number of nitrogens with zero attached hydrogens (tertiary/aromatic N) is 1. The Labute approximate surface area is 232 Å². The molecule has 4 aromatic rings. The maximum Gasteiger partial charge on any atom is 0.265 e. The topological polar surface area (TPSA) is 114 Å². The highest BCUT2D eigenvalue weighted by molar-refractivity contribution is 7.93. The highest BCUT2D eigenvalue weighted by Gasteiger charge is 2.41. The van der Waals surface area contributed by atoms with Crippen LogP contribution in [-0.2, 0) is 21.2 Å². The van der Waals surface area contributed by atoms with E-state index in [4.69, 9.17) is 9.47 Å². The van der Waals surface area contributed by atoms with Crippen molar-refractivity contribution in [1.82, 2.24) is 5.32 Å². The predicted molar refractivity (Wildman–Crippen MR) is 154 cm³/mol. The van der Waals surface area contributed by atoms with Crippen LogP contribution < -0.4 is 24.4 Å². The molecule has 1 atom stereocenters. The number of carbonyl (C=O) groups excluding carboxylic acids is 2. The normalized spacial score (nSPS) is 14.0. The lowest BCUT2D eigenvalue weighted by Crippen LogP contribution is -2.44. The van der Waals surface area contributed by atoms with Crippen LogP contribution in [-0.4, -0.2) is 47.0 Å². The molecule has 10 heteroatoms. The van der Waals surface area contributed by atoms with Crippen molar-refractivity contribution in [1.29, 1.82) is 0 Å². The van der Waals surface area contributed by atoms with Crippen molar-refractivity contribution in [2.24, 2.45) is 0 Å². The highest BCUT2D eigenvalue weighted by Crippen LogP contribution is 2.43. The van der Waals surface area contributed by atoms with Gasteiger partial charge in [0.05, 0.1) is 36.1 Å². The summed E-state index contributed by atoms with van der Waals surface area (Å²) in [5.41, 5.74) is 1.97. The van der Waals surface area contributed by atoms with Gasteiger partial charge < -0.3 is 20.1 Å². The van der Waals surface area contributed by atoms with Gasteiger partial charge in [0.15, 0.2) is 11.5 Å². The first-order valence-corrected chi connectivity index (χ1v) is 14.2. The highest BCUT2D eigenvalue weighted by atomic mass is 32.2. The third-order valence-electron chi connectivity index (χ3n) is 6.93. The van der Waals surface area contributed by atoms with E-state index in [0.29, 0.717) is 35.5 Å². The maximum atomic E-state index is 13.4. The van der Waals surface area contributed by atoms with Gasteiger partial charge in [-0.3, -0.25) is 13.9 Å². The van der Waals surface area contributed by atoms with Gasteiger partial charge in [-0.1, -0.05) is 42.5 Å². The minimum absolute atomic E-state index is 0.175. The Hall–Kier alpha value is -4.57. The smallest absolute Gasteiger partial charge is 0.265 e. The van der Waals surface area contributed by atoms with E-state index in [-0.39, 0.29) is 22.1 Å². The van der Waals surface area contributed by atoms with Crippen LogP contribution in [0.3, 0.4) is 0 Å². The minimum Gasteiger partial charge on any atom is -0.493 e. The second-order valence-corrected chi connectivity index (χ2v) is 11.1. The monoisotopic (exact) mass is 559 g/mol. The van der Waals surface area contributed by atoms with Crippen molar-refractivity contribution in [2.45, 2.75) is 24.3 Å². The lowest BCUT2D eigenvalue weighted by Gasteiger charge is -2.25. The fourth-order valence-electron chi connectivity index (χ4n) is 4.92. The van der Waals surface area contributed by atoms with Crippen molar-refractivity contribution in [3.05, 3.63) is 90.0 Å². The van der Waals surface area contributed by atoms with Gasteiger partial charge in [0, 0.05) is 11.9 Å². The van der Waals surface area contributed by atoms with E-state index < -0.39 is 22.0 Å². The van der Waals surface area contributed by atoms with Crippen LogP contribution in [0, 0.1) is 0 Å². The van der Waals surface area contributed by atoms with Crippen LogP contribution in [0.15, 0.2) is 83.8 Å². The molecule has 2 N–H and O–H groups in total. The fraction of sp³-hybridized carbons (Fsp3) is 0.200. The first-order chi connectivity index (χ1) is 19.3. The second kappa shape index (κ2) is 10.9. The summed E-state index contributed by atoms with van der Waals surface area (Å²) in [6, 6.07) is 21.5. The van der Waals surface area contributed by atoms with Crippen molar-refractivity contribution in [3.8, 4) is 11.5 Å². The van der Waals surface area contributed by atoms with Gasteiger partial charge in [0.25, 0.3) is 15.9 Å². The van der Waals surface area contributed by atoms with E-state index in [1.54, 1.807) is 62.8 Å². The molecule has 0 saturated carbocycles. The number of benzene rings is 4. The van der Waals surface area contributed by atoms with Crippen LogP contribution in [0.25, 0.3) is 10.8 Å². The Bertz CT molecular complexity index is 1710. The zero-order valence-electron chi connectivity index (χ0n) is 22.3. The molecule has 0 bridgehead atoms. The molecule has 40 heavy (non-hydrogen) atoms. The minimum atomic E-state index is -3.93. The molecule has 0 unspecified atom stereocenters. The molecule has 4 aromatic carbocycles. The Kier molecular flexibility index (Phi) is 7.36. The van der Waals surface area contributed by atoms with E-state index in [1.807, 2.05) is 30.3 Å². The van der Waals surface area contributed by atoms with Gasteiger partial charge in [-0.05, 0) is 60.7 Å². The average Bonchev–Trinajstić information content (AvgIpc) is 3.20. The molecular weight excluding hydrogens is 530 g/mol. The Morgan fingerprint density at radius 2 is 1.62 bits per heavy atom.